The van der Waals surface area contributed by atoms with Gasteiger partial charge in [-0.05, 0) is 18.2 Å². The molecule has 0 saturated heterocycles. The molecule has 2 rings (SSSR count). The second-order valence-electron chi connectivity index (χ2n) is 4.01. The predicted molar refractivity (Wildman–Crippen MR) is 69.3 cm³/mol. The summed E-state index contributed by atoms with van der Waals surface area (Å²) in [6.45, 7) is 0. The Balaban J connectivity index is 2.63. The minimum atomic E-state index is -4.65. The average Bonchev–Trinajstić information content (AvgIpc) is 2.79. The largest absolute Gasteiger partial charge is 0.465 e. The first-order valence-electron chi connectivity index (χ1n) is 5.54. The fourth-order valence-electron chi connectivity index (χ4n) is 1.74. The number of alkyl halides is 3. The van der Waals surface area contributed by atoms with Crippen molar-refractivity contribution < 1.29 is 22.7 Å². The minimum absolute atomic E-state index is 0.0787. The van der Waals surface area contributed by atoms with Crippen molar-refractivity contribution >= 4 is 23.4 Å². The van der Waals surface area contributed by atoms with E-state index in [-0.39, 0.29) is 22.1 Å². The van der Waals surface area contributed by atoms with E-state index in [4.69, 9.17) is 17.3 Å². The summed E-state index contributed by atoms with van der Waals surface area (Å²) < 4.78 is 44.4. The highest BCUT2D eigenvalue weighted by molar-refractivity contribution is 6.30. The number of nitrogens with two attached hydrogens (primary N) is 1. The van der Waals surface area contributed by atoms with Gasteiger partial charge in [0.1, 0.15) is 11.4 Å². The first-order valence-corrected chi connectivity index (χ1v) is 5.92. The van der Waals surface area contributed by atoms with E-state index >= 15 is 0 Å². The van der Waals surface area contributed by atoms with Crippen LogP contribution in [0.2, 0.25) is 5.02 Å². The topological polar surface area (TPSA) is 70.1 Å². The van der Waals surface area contributed by atoms with Gasteiger partial charge < -0.3 is 10.5 Å². The molecule has 5 nitrogen and oxygen atoms in total. The van der Waals surface area contributed by atoms with Gasteiger partial charge in [0, 0.05) is 5.02 Å². The number of hydrogen-bond donors (Lipinski definition) is 1. The highest BCUT2D eigenvalue weighted by Crippen LogP contribution is 2.36. The van der Waals surface area contributed by atoms with Crippen molar-refractivity contribution in [2.45, 2.75) is 6.18 Å². The van der Waals surface area contributed by atoms with E-state index in [2.05, 4.69) is 9.84 Å². The molecule has 0 bridgehead atoms. The van der Waals surface area contributed by atoms with Crippen LogP contribution in [0.3, 0.4) is 0 Å². The number of carbonyl (C=O) groups is 1. The summed E-state index contributed by atoms with van der Waals surface area (Å²) in [5.74, 6) is -1.05. The number of benzene rings is 1. The monoisotopic (exact) mass is 319 g/mol. The SMILES string of the molecule is COC(=O)c1cnn(-c2ccc(Cl)cc2C(F)(F)F)c1N. The van der Waals surface area contributed by atoms with Crippen LogP contribution >= 0.6 is 11.6 Å². The lowest BCUT2D eigenvalue weighted by Crippen LogP contribution is -2.13. The summed E-state index contributed by atoms with van der Waals surface area (Å²) in [6, 6.07) is 3.15. The molecule has 2 N–H and O–H groups in total. The maximum absolute atomic E-state index is 13.0. The average molecular weight is 320 g/mol. The van der Waals surface area contributed by atoms with Gasteiger partial charge in [-0.25, -0.2) is 9.48 Å². The molecule has 0 aliphatic heterocycles. The van der Waals surface area contributed by atoms with Crippen molar-refractivity contribution in [2.24, 2.45) is 0 Å². The molecule has 0 aliphatic carbocycles. The molecule has 2 aromatic rings. The smallest absolute Gasteiger partial charge is 0.418 e. The number of rotatable bonds is 2. The highest BCUT2D eigenvalue weighted by atomic mass is 35.5. The van der Waals surface area contributed by atoms with Crippen LogP contribution in [0.15, 0.2) is 24.4 Å². The molecule has 0 spiro atoms. The van der Waals surface area contributed by atoms with Crippen LogP contribution in [0, 0.1) is 0 Å². The second-order valence-corrected chi connectivity index (χ2v) is 4.44. The lowest BCUT2D eigenvalue weighted by atomic mass is 10.1. The van der Waals surface area contributed by atoms with E-state index < -0.39 is 17.7 Å². The third-order valence-electron chi connectivity index (χ3n) is 2.70. The summed E-state index contributed by atoms with van der Waals surface area (Å²) in [6.07, 6.45) is -3.61. The number of aromatic nitrogens is 2. The zero-order valence-electron chi connectivity index (χ0n) is 10.6. The Morgan fingerprint density at radius 1 is 1.43 bits per heavy atom. The van der Waals surface area contributed by atoms with Crippen LogP contribution < -0.4 is 5.73 Å². The standard InChI is InChI=1S/C12H9ClF3N3O2/c1-21-11(20)7-5-18-19(10(7)17)9-3-2-6(13)4-8(9)12(14,15)16/h2-5H,17H2,1H3. The summed E-state index contributed by atoms with van der Waals surface area (Å²) in [5, 5.41) is 3.63. The Morgan fingerprint density at radius 3 is 2.67 bits per heavy atom. The molecule has 112 valence electrons. The number of nitrogens with zero attached hydrogens (tertiary/aromatic N) is 2. The van der Waals surface area contributed by atoms with E-state index in [0.717, 1.165) is 30.1 Å². The first-order chi connectivity index (χ1) is 9.75. The van der Waals surface area contributed by atoms with E-state index in [1.165, 1.54) is 6.07 Å². The van der Waals surface area contributed by atoms with Gasteiger partial charge in [-0.15, -0.1) is 0 Å². The molecule has 1 aromatic carbocycles. The molecule has 0 amide bonds. The van der Waals surface area contributed by atoms with Crippen molar-refractivity contribution in [3.8, 4) is 5.69 Å². The van der Waals surface area contributed by atoms with Crippen molar-refractivity contribution in [3.63, 3.8) is 0 Å². The van der Waals surface area contributed by atoms with E-state index in [0.29, 0.717) is 0 Å². The Bertz CT molecular complexity index is 698. The molecule has 0 saturated carbocycles. The van der Waals surface area contributed by atoms with Crippen molar-refractivity contribution in [2.75, 3.05) is 12.8 Å². The fraction of sp³-hybridized carbons (Fsp3) is 0.167. The fourth-order valence-corrected chi connectivity index (χ4v) is 1.91. The second kappa shape index (κ2) is 5.28. The third kappa shape index (κ3) is 2.80. The van der Waals surface area contributed by atoms with Crippen molar-refractivity contribution in [3.05, 3.63) is 40.5 Å². The maximum Gasteiger partial charge on any atom is 0.418 e. The van der Waals surface area contributed by atoms with Crippen molar-refractivity contribution in [1.82, 2.24) is 9.78 Å². The summed E-state index contributed by atoms with van der Waals surface area (Å²) in [4.78, 5) is 11.4. The molecule has 0 aliphatic rings. The number of methoxy groups -OCH3 is 1. The molecule has 0 radical (unpaired) electrons. The number of ether oxygens (including phenoxy) is 1. The Morgan fingerprint density at radius 2 is 2.10 bits per heavy atom. The molecular formula is C12H9ClF3N3O2. The zero-order chi connectivity index (χ0) is 15.8. The van der Waals surface area contributed by atoms with E-state index in [1.807, 2.05) is 0 Å². The molecule has 0 unspecified atom stereocenters. The molecular weight excluding hydrogens is 311 g/mol. The Kier molecular flexibility index (Phi) is 3.82. The van der Waals surface area contributed by atoms with Crippen LogP contribution in [0.5, 0.6) is 0 Å². The van der Waals surface area contributed by atoms with Gasteiger partial charge >= 0.3 is 12.1 Å². The van der Waals surface area contributed by atoms with Gasteiger partial charge in [-0.2, -0.15) is 18.3 Å². The summed E-state index contributed by atoms with van der Waals surface area (Å²) in [7, 11) is 1.13. The number of nitrogen functional groups attached to an aromatic ring is 1. The van der Waals surface area contributed by atoms with Gasteiger partial charge in [-0.3, -0.25) is 0 Å². The lowest BCUT2D eigenvalue weighted by Gasteiger charge is -2.14. The van der Waals surface area contributed by atoms with Crippen molar-refractivity contribution in [1.29, 1.82) is 0 Å². The Labute approximate surface area is 122 Å². The number of anilines is 1. The summed E-state index contributed by atoms with van der Waals surface area (Å²) in [5.41, 5.74) is 4.19. The van der Waals surface area contributed by atoms with Crippen LogP contribution in [0.25, 0.3) is 5.69 Å². The molecule has 1 heterocycles. The number of halogens is 4. The number of carbonyl (C=O) groups excluding carboxylic acids is 1. The van der Waals surface area contributed by atoms with E-state index in [1.54, 1.807) is 0 Å². The minimum Gasteiger partial charge on any atom is -0.465 e. The van der Waals surface area contributed by atoms with E-state index in [9.17, 15) is 18.0 Å². The number of esters is 1. The van der Waals surface area contributed by atoms with Crippen LogP contribution in [0.1, 0.15) is 15.9 Å². The predicted octanol–water partition coefficient (Wildman–Crippen LogP) is 2.91. The van der Waals surface area contributed by atoms with Crippen LogP contribution in [-0.4, -0.2) is 22.9 Å². The molecule has 0 atom stereocenters. The molecule has 0 fully saturated rings. The lowest BCUT2D eigenvalue weighted by molar-refractivity contribution is -0.137. The maximum atomic E-state index is 13.0. The van der Waals surface area contributed by atoms with Gasteiger partial charge in [0.2, 0.25) is 0 Å². The molecule has 9 heteroatoms. The molecule has 1 aromatic heterocycles. The normalized spacial score (nSPS) is 11.5. The van der Waals surface area contributed by atoms with Crippen LogP contribution in [0.4, 0.5) is 19.0 Å². The third-order valence-corrected chi connectivity index (χ3v) is 2.94. The molecule has 21 heavy (non-hydrogen) atoms. The zero-order valence-corrected chi connectivity index (χ0v) is 11.4. The number of hydrogen-bond acceptors (Lipinski definition) is 4. The summed E-state index contributed by atoms with van der Waals surface area (Å²) >= 11 is 5.59. The quantitative estimate of drug-likeness (QED) is 0.864. The van der Waals surface area contributed by atoms with Gasteiger partial charge in [-0.1, -0.05) is 11.6 Å². The van der Waals surface area contributed by atoms with Gasteiger partial charge in [0.15, 0.2) is 0 Å². The van der Waals surface area contributed by atoms with Gasteiger partial charge in [0.25, 0.3) is 0 Å². The first kappa shape index (κ1) is 15.2. The Hall–Kier alpha value is -2.22. The highest BCUT2D eigenvalue weighted by Gasteiger charge is 2.35. The van der Waals surface area contributed by atoms with Crippen LogP contribution in [-0.2, 0) is 10.9 Å². The van der Waals surface area contributed by atoms with Gasteiger partial charge in [0.05, 0.1) is 24.6 Å².